The highest BCUT2D eigenvalue weighted by Crippen LogP contribution is 2.22. The van der Waals surface area contributed by atoms with Gasteiger partial charge in [-0.2, -0.15) is 0 Å². The molecule has 2 aromatic rings. The molecule has 114 valence electrons. The largest absolute Gasteiger partial charge is 0.348 e. The number of aryl methyl sites for hydroxylation is 3. The number of nitrogens with one attached hydrogen (secondary N) is 2. The number of hydrogen-bond donors (Lipinski definition) is 2. The monoisotopic (exact) mass is 296 g/mol. The van der Waals surface area contributed by atoms with E-state index in [-0.39, 0.29) is 5.91 Å². The quantitative estimate of drug-likeness (QED) is 0.910. The summed E-state index contributed by atoms with van der Waals surface area (Å²) in [5, 5.41) is 6.22. The molecule has 1 saturated carbocycles. The molecular formula is C17H20N4O. The van der Waals surface area contributed by atoms with Crippen LogP contribution < -0.4 is 10.6 Å². The third-order valence-corrected chi connectivity index (χ3v) is 3.63. The predicted molar refractivity (Wildman–Crippen MR) is 86.5 cm³/mol. The van der Waals surface area contributed by atoms with Crippen molar-refractivity contribution in [3.63, 3.8) is 0 Å². The third-order valence-electron chi connectivity index (χ3n) is 3.63. The van der Waals surface area contributed by atoms with Gasteiger partial charge in [-0.15, -0.1) is 0 Å². The van der Waals surface area contributed by atoms with E-state index in [1.54, 1.807) is 13.0 Å². The zero-order chi connectivity index (χ0) is 15.7. The fourth-order valence-corrected chi connectivity index (χ4v) is 2.33. The average molecular weight is 296 g/mol. The van der Waals surface area contributed by atoms with Gasteiger partial charge in [-0.25, -0.2) is 9.97 Å². The molecule has 1 heterocycles. The molecule has 1 amide bonds. The smallest absolute Gasteiger partial charge is 0.270 e. The predicted octanol–water partition coefficient (Wildman–Crippen LogP) is 3.04. The molecule has 0 saturated heterocycles. The summed E-state index contributed by atoms with van der Waals surface area (Å²) in [7, 11) is 0. The van der Waals surface area contributed by atoms with Crippen LogP contribution in [-0.4, -0.2) is 21.9 Å². The van der Waals surface area contributed by atoms with Crippen molar-refractivity contribution in [2.24, 2.45) is 0 Å². The maximum atomic E-state index is 12.1. The zero-order valence-electron chi connectivity index (χ0n) is 13.1. The Kier molecular flexibility index (Phi) is 3.79. The molecule has 1 aromatic carbocycles. The molecule has 1 fully saturated rings. The van der Waals surface area contributed by atoms with Gasteiger partial charge in [-0.3, -0.25) is 4.79 Å². The van der Waals surface area contributed by atoms with Crippen molar-refractivity contribution >= 4 is 17.4 Å². The van der Waals surface area contributed by atoms with E-state index >= 15 is 0 Å². The zero-order valence-corrected chi connectivity index (χ0v) is 13.1. The van der Waals surface area contributed by atoms with Crippen LogP contribution in [0.4, 0.5) is 11.5 Å². The van der Waals surface area contributed by atoms with Crippen molar-refractivity contribution in [1.29, 1.82) is 0 Å². The summed E-state index contributed by atoms with van der Waals surface area (Å²) in [6.07, 6.45) is 2.12. The molecule has 0 radical (unpaired) electrons. The molecule has 0 aliphatic heterocycles. The lowest BCUT2D eigenvalue weighted by Gasteiger charge is -2.11. The minimum atomic E-state index is -0.128. The van der Waals surface area contributed by atoms with Crippen LogP contribution in [0.15, 0.2) is 24.3 Å². The van der Waals surface area contributed by atoms with E-state index in [9.17, 15) is 4.79 Å². The number of amides is 1. The number of aromatic nitrogens is 2. The lowest BCUT2D eigenvalue weighted by molar-refractivity contribution is 0.0945. The lowest BCUT2D eigenvalue weighted by atomic mass is 10.1. The van der Waals surface area contributed by atoms with Gasteiger partial charge in [-0.05, 0) is 45.2 Å². The van der Waals surface area contributed by atoms with E-state index in [2.05, 4.69) is 33.6 Å². The second kappa shape index (κ2) is 5.75. The minimum Gasteiger partial charge on any atom is -0.348 e. The van der Waals surface area contributed by atoms with Gasteiger partial charge in [0.25, 0.3) is 5.91 Å². The number of carbonyl (C=O) groups is 1. The van der Waals surface area contributed by atoms with Gasteiger partial charge in [-0.1, -0.05) is 17.7 Å². The van der Waals surface area contributed by atoms with Crippen LogP contribution in [0.25, 0.3) is 0 Å². The Bertz CT molecular complexity index is 723. The Morgan fingerprint density at radius 2 is 1.91 bits per heavy atom. The van der Waals surface area contributed by atoms with Crippen LogP contribution in [-0.2, 0) is 0 Å². The molecule has 1 aromatic heterocycles. The van der Waals surface area contributed by atoms with Crippen molar-refractivity contribution in [1.82, 2.24) is 15.3 Å². The van der Waals surface area contributed by atoms with E-state index in [4.69, 9.17) is 0 Å². The molecule has 1 aliphatic rings. The van der Waals surface area contributed by atoms with Gasteiger partial charge in [0, 0.05) is 17.8 Å². The molecule has 1 aliphatic carbocycles. The summed E-state index contributed by atoms with van der Waals surface area (Å²) in [6.45, 7) is 5.90. The van der Waals surface area contributed by atoms with Crippen LogP contribution in [0.3, 0.4) is 0 Å². The number of rotatable bonds is 4. The van der Waals surface area contributed by atoms with E-state index in [0.717, 1.165) is 24.1 Å². The van der Waals surface area contributed by atoms with Crippen molar-refractivity contribution in [3.8, 4) is 0 Å². The second-order valence-corrected chi connectivity index (χ2v) is 5.88. The van der Waals surface area contributed by atoms with Crippen LogP contribution in [0.1, 0.15) is 40.3 Å². The van der Waals surface area contributed by atoms with Gasteiger partial charge in [0.15, 0.2) is 0 Å². The van der Waals surface area contributed by atoms with Gasteiger partial charge in [0.1, 0.15) is 17.3 Å². The minimum absolute atomic E-state index is 0.128. The first-order chi connectivity index (χ1) is 10.5. The molecule has 5 heteroatoms. The fraction of sp³-hybridized carbons (Fsp3) is 0.353. The van der Waals surface area contributed by atoms with Crippen LogP contribution in [0.5, 0.6) is 0 Å². The van der Waals surface area contributed by atoms with Gasteiger partial charge >= 0.3 is 0 Å². The summed E-state index contributed by atoms with van der Waals surface area (Å²) < 4.78 is 0. The maximum absolute atomic E-state index is 12.1. The molecule has 0 spiro atoms. The van der Waals surface area contributed by atoms with E-state index < -0.39 is 0 Å². The van der Waals surface area contributed by atoms with E-state index in [0.29, 0.717) is 23.4 Å². The summed E-state index contributed by atoms with van der Waals surface area (Å²) in [6, 6.07) is 8.19. The topological polar surface area (TPSA) is 66.9 Å². The summed E-state index contributed by atoms with van der Waals surface area (Å²) in [4.78, 5) is 20.7. The Morgan fingerprint density at radius 3 is 2.59 bits per heavy atom. The van der Waals surface area contributed by atoms with Crippen molar-refractivity contribution in [2.75, 3.05) is 5.32 Å². The molecule has 0 unspecified atom stereocenters. The highest BCUT2D eigenvalue weighted by Gasteiger charge is 2.24. The van der Waals surface area contributed by atoms with Crippen molar-refractivity contribution < 1.29 is 4.79 Å². The highest BCUT2D eigenvalue weighted by atomic mass is 16.2. The Morgan fingerprint density at radius 1 is 1.14 bits per heavy atom. The number of nitrogens with zero attached hydrogens (tertiary/aromatic N) is 2. The summed E-state index contributed by atoms with van der Waals surface area (Å²) in [5.41, 5.74) is 3.75. The molecule has 2 N–H and O–H groups in total. The van der Waals surface area contributed by atoms with Gasteiger partial charge in [0.05, 0.1) is 0 Å². The molecule has 3 rings (SSSR count). The Balaban J connectivity index is 1.83. The van der Waals surface area contributed by atoms with Crippen LogP contribution in [0, 0.1) is 20.8 Å². The summed E-state index contributed by atoms with van der Waals surface area (Å²) >= 11 is 0. The first-order valence-corrected chi connectivity index (χ1v) is 7.52. The van der Waals surface area contributed by atoms with Crippen LogP contribution >= 0.6 is 0 Å². The van der Waals surface area contributed by atoms with E-state index in [1.165, 1.54) is 5.56 Å². The normalized spacial score (nSPS) is 13.8. The average Bonchev–Trinajstić information content (AvgIpc) is 3.25. The molecule has 0 bridgehead atoms. The van der Waals surface area contributed by atoms with Gasteiger partial charge in [0.2, 0.25) is 0 Å². The standard InChI is InChI=1S/C17H20N4O/c1-10-4-7-14(11(2)8-10)21-16-9-15(18-12(3)19-16)17(22)20-13-5-6-13/h4,7-9,13H,5-6H2,1-3H3,(H,20,22)(H,18,19,21). The van der Waals surface area contributed by atoms with Crippen LogP contribution in [0.2, 0.25) is 0 Å². The molecular weight excluding hydrogens is 276 g/mol. The van der Waals surface area contributed by atoms with E-state index in [1.807, 2.05) is 19.1 Å². The number of carbonyl (C=O) groups excluding carboxylic acids is 1. The highest BCUT2D eigenvalue weighted by molar-refractivity contribution is 5.93. The maximum Gasteiger partial charge on any atom is 0.270 e. The molecule has 5 nitrogen and oxygen atoms in total. The first kappa shape index (κ1) is 14.5. The number of benzene rings is 1. The van der Waals surface area contributed by atoms with Crippen molar-refractivity contribution in [3.05, 3.63) is 46.9 Å². The lowest BCUT2D eigenvalue weighted by Crippen LogP contribution is -2.26. The van der Waals surface area contributed by atoms with Crippen molar-refractivity contribution in [2.45, 2.75) is 39.7 Å². The number of anilines is 2. The molecule has 22 heavy (non-hydrogen) atoms. The SMILES string of the molecule is Cc1ccc(Nc2cc(C(=O)NC3CC3)nc(C)n2)c(C)c1. The number of hydrogen-bond acceptors (Lipinski definition) is 4. The fourth-order valence-electron chi connectivity index (χ4n) is 2.33. The Labute approximate surface area is 130 Å². The second-order valence-electron chi connectivity index (χ2n) is 5.88. The summed E-state index contributed by atoms with van der Waals surface area (Å²) in [5.74, 6) is 1.09. The first-order valence-electron chi connectivity index (χ1n) is 7.52. The Hall–Kier alpha value is -2.43. The molecule has 0 atom stereocenters. The third kappa shape index (κ3) is 3.42. The van der Waals surface area contributed by atoms with Gasteiger partial charge < -0.3 is 10.6 Å².